The molecule has 0 saturated carbocycles. The van der Waals surface area contributed by atoms with Gasteiger partial charge in [-0.1, -0.05) is 83.0 Å². The number of carbonyl (C=O) groups excluding carboxylic acids is 4. The average Bonchev–Trinajstić information content (AvgIpc) is 1.77. The van der Waals surface area contributed by atoms with E-state index in [1.165, 1.54) is 39.9 Å². The first-order chi connectivity index (χ1) is 39.7. The number of benzene rings is 5. The van der Waals surface area contributed by atoms with E-state index in [0.29, 0.717) is 52.4 Å². The highest BCUT2D eigenvalue weighted by Crippen LogP contribution is 2.46. The Morgan fingerprint density at radius 1 is 0.829 bits per heavy atom. The maximum absolute atomic E-state index is 14.4. The van der Waals surface area contributed by atoms with Gasteiger partial charge in [0.2, 0.25) is 5.95 Å². The van der Waals surface area contributed by atoms with Crippen LogP contribution in [0.5, 0.6) is 5.75 Å². The van der Waals surface area contributed by atoms with Crippen LogP contribution in [-0.4, -0.2) is 112 Å². The number of amides is 2. The smallest absolute Gasteiger partial charge is 0.481 e. The van der Waals surface area contributed by atoms with Gasteiger partial charge >= 0.3 is 18.1 Å². The molecule has 5 aromatic carbocycles. The van der Waals surface area contributed by atoms with E-state index in [1.807, 2.05) is 72.8 Å². The fourth-order valence-electron chi connectivity index (χ4n) is 9.84. The van der Waals surface area contributed by atoms with Gasteiger partial charge in [0.25, 0.3) is 17.4 Å². The minimum absolute atomic E-state index is 0. The number of carboxylic acid groups (broad SMARTS) is 2. The number of unbranched alkanes of at least 4 members (excludes halogenated alkanes) is 1. The Morgan fingerprint density at radius 3 is 2.35 bits per heavy atom. The van der Waals surface area contributed by atoms with E-state index in [9.17, 15) is 43.8 Å². The number of hydrogen-bond acceptors (Lipinski definition) is 16. The van der Waals surface area contributed by atoms with Crippen LogP contribution >= 0.6 is 33.2 Å². The standard InChI is InChI=1S/C58H53ClN10O11S2.2H2/c59-26-36-29-69(54(73)45-24-35-21-31(13-18-42(35)65-45)22-47(70)44-23-33-7-1-5-11-41(33)64-44)46-25-48(39-9-3-4-10-40(39)49(36)46)80-58(78)79-19-20-81-82-30-34(55(74)75)8-2-6-12-43(56(76)77)66-52(71)32-14-16-37(17-15-32)61-27-38-28-62-51-50(63-38)53(72)68-57(60)67-51;;/h1,3-5,7,9-11,13-18,21,23-25,28,34,36,43,61,64-65H,2,6,8,12,19-20,22,26-27,29-30H2,(H,66,71)(H,74,75)(H,76,77)(H3,60,62,67,68,72);2*1H/t34-,36?,43-;;/m1../s1/i;2*1+1. The fourth-order valence-corrected chi connectivity index (χ4v) is 12.3. The van der Waals surface area contributed by atoms with Crippen molar-refractivity contribution in [3.63, 3.8) is 0 Å². The number of halogens is 1. The number of rotatable bonds is 24. The zero-order valence-electron chi connectivity index (χ0n) is 43.6. The van der Waals surface area contributed by atoms with Crippen LogP contribution < -0.4 is 31.6 Å². The number of Topliss-reactive ketones (excluding diaryl/α,β-unsaturated/α-hetero) is 1. The van der Waals surface area contributed by atoms with Crippen molar-refractivity contribution in [1.29, 1.82) is 0 Å². The lowest BCUT2D eigenvalue weighted by atomic mass is 9.95. The highest BCUT2D eigenvalue weighted by atomic mass is 35.5. The summed E-state index contributed by atoms with van der Waals surface area (Å²) in [5.74, 6) is -3.23. The average molecular weight is 1170 g/mol. The number of nitrogens with zero attached hydrogens (tertiary/aromatic N) is 4. The largest absolute Gasteiger partial charge is 0.513 e. The number of ether oxygens (including phenoxy) is 2. The Bertz CT molecular complexity index is 3970. The third kappa shape index (κ3) is 13.0. The quantitative estimate of drug-likeness (QED) is 0.00696. The van der Waals surface area contributed by atoms with Gasteiger partial charge in [-0.25, -0.2) is 19.6 Å². The van der Waals surface area contributed by atoms with Crippen LogP contribution in [0.15, 0.2) is 120 Å². The van der Waals surface area contributed by atoms with Crippen molar-refractivity contribution in [3.8, 4) is 5.75 Å². The van der Waals surface area contributed by atoms with Gasteiger partial charge in [-0.05, 0) is 84.0 Å². The number of aromatic amines is 3. The van der Waals surface area contributed by atoms with Crippen LogP contribution in [0.3, 0.4) is 0 Å². The number of nitrogen functional groups attached to an aromatic ring is 1. The van der Waals surface area contributed by atoms with Gasteiger partial charge in [-0.2, -0.15) is 4.98 Å². The van der Waals surface area contributed by atoms with Crippen molar-refractivity contribution in [1.82, 2.24) is 35.2 Å². The molecule has 424 valence electrons. The number of ketones is 1. The molecule has 9 aromatic rings. The summed E-state index contributed by atoms with van der Waals surface area (Å²) in [4.78, 5) is 113. The molecule has 24 heteroatoms. The number of aliphatic carboxylic acids is 2. The number of anilines is 3. The first-order valence-electron chi connectivity index (χ1n) is 26.1. The second kappa shape index (κ2) is 25.2. The van der Waals surface area contributed by atoms with Gasteiger partial charge < -0.3 is 50.9 Å². The fraction of sp³-hybridized carbons (Fsp3) is 0.241. The molecule has 0 aliphatic carbocycles. The van der Waals surface area contributed by atoms with Crippen molar-refractivity contribution < 1.29 is 51.3 Å². The minimum Gasteiger partial charge on any atom is -0.481 e. The molecule has 10 rings (SSSR count). The van der Waals surface area contributed by atoms with E-state index in [2.05, 4.69) is 40.5 Å². The molecule has 21 nitrogen and oxygen atoms in total. The van der Waals surface area contributed by atoms with Gasteiger partial charge in [0, 0.05) is 83.6 Å². The SMILES string of the molecule is Nc1nc2ncc(CNc3ccc(C(=O)N[C@H](CCCC[C@H](CSSCCOC(=O)Oc4cc5c(c6ccccc46)C(CCl)CN5C(=O)c4cc5cc(CC(=O)c6cc7ccccc7[nH]6)ccc5[nH]4)C(=O)O)C(=O)O)cc3)nc2c(=O)[nH]1.[2HH].[2HH]. The number of para-hydroxylation sites is 1. The summed E-state index contributed by atoms with van der Waals surface area (Å²) in [7, 11) is 2.63. The van der Waals surface area contributed by atoms with Gasteiger partial charge in [0.1, 0.15) is 24.1 Å². The molecule has 5 heterocycles. The Morgan fingerprint density at radius 2 is 1.57 bits per heavy atom. The van der Waals surface area contributed by atoms with E-state index in [4.69, 9.17) is 26.8 Å². The number of fused-ring (bicyclic) bond motifs is 6. The molecule has 1 unspecified atom stereocenters. The summed E-state index contributed by atoms with van der Waals surface area (Å²) in [6, 6.07) is 31.1. The van der Waals surface area contributed by atoms with Crippen LogP contribution in [0.1, 0.15) is 82.6 Å². The molecule has 1 aliphatic rings. The number of nitrogens with two attached hydrogens (primary N) is 1. The van der Waals surface area contributed by atoms with Crippen LogP contribution in [0, 0.1) is 5.92 Å². The van der Waals surface area contributed by atoms with E-state index < -0.39 is 41.5 Å². The van der Waals surface area contributed by atoms with E-state index in [-0.39, 0.29) is 99.5 Å². The Labute approximate surface area is 482 Å². The molecule has 3 atom stereocenters. The maximum atomic E-state index is 14.4. The number of hydrogen-bond donors (Lipinski definition) is 8. The minimum atomic E-state index is -1.22. The summed E-state index contributed by atoms with van der Waals surface area (Å²) in [6.07, 6.45) is 1.76. The molecule has 0 saturated heterocycles. The second-order valence-corrected chi connectivity index (χ2v) is 22.4. The molecular weight excluding hydrogens is 1110 g/mol. The lowest BCUT2D eigenvalue weighted by Gasteiger charge is -2.18. The van der Waals surface area contributed by atoms with E-state index >= 15 is 0 Å². The first-order valence-corrected chi connectivity index (χ1v) is 29.1. The highest BCUT2D eigenvalue weighted by Gasteiger charge is 2.36. The van der Waals surface area contributed by atoms with Gasteiger partial charge in [-0.3, -0.25) is 29.0 Å². The lowest BCUT2D eigenvalue weighted by molar-refractivity contribution is -0.141. The predicted octanol–water partition coefficient (Wildman–Crippen LogP) is 9.96. The molecule has 0 radical (unpaired) electrons. The van der Waals surface area contributed by atoms with Crippen LogP contribution in [0.4, 0.5) is 22.1 Å². The second-order valence-electron chi connectivity index (χ2n) is 19.5. The highest BCUT2D eigenvalue weighted by molar-refractivity contribution is 8.76. The Balaban J connectivity index is 0.00000460. The van der Waals surface area contributed by atoms with Crippen LogP contribution in [0.2, 0.25) is 0 Å². The summed E-state index contributed by atoms with van der Waals surface area (Å²) in [5.41, 5.74) is 11.2. The predicted molar refractivity (Wildman–Crippen MR) is 319 cm³/mol. The molecule has 4 aromatic heterocycles. The van der Waals surface area contributed by atoms with Crippen LogP contribution in [0.25, 0.3) is 43.7 Å². The first kappa shape index (κ1) is 56.3. The van der Waals surface area contributed by atoms with Crippen molar-refractivity contribution >= 4 is 130 Å². The van der Waals surface area contributed by atoms with E-state index in [0.717, 1.165) is 38.3 Å². The Hall–Kier alpha value is -8.93. The van der Waals surface area contributed by atoms with Gasteiger partial charge in [0.15, 0.2) is 16.9 Å². The topological polar surface area (TPSA) is 318 Å². The molecule has 82 heavy (non-hydrogen) atoms. The van der Waals surface area contributed by atoms with Crippen molar-refractivity contribution in [2.75, 3.05) is 46.5 Å². The van der Waals surface area contributed by atoms with Crippen molar-refractivity contribution in [2.24, 2.45) is 5.92 Å². The zero-order chi connectivity index (χ0) is 57.4. The Kier molecular flexibility index (Phi) is 17.4. The van der Waals surface area contributed by atoms with Gasteiger partial charge in [-0.15, -0.1) is 11.6 Å². The van der Waals surface area contributed by atoms with E-state index in [1.54, 1.807) is 29.2 Å². The summed E-state index contributed by atoms with van der Waals surface area (Å²) >= 11 is 6.55. The normalized spacial score (nSPS) is 13.7. The van der Waals surface area contributed by atoms with Crippen LogP contribution in [-0.2, 0) is 27.3 Å². The summed E-state index contributed by atoms with van der Waals surface area (Å²) < 4.78 is 11.2. The molecule has 1 aliphatic heterocycles. The summed E-state index contributed by atoms with van der Waals surface area (Å²) in [6.45, 7) is 0.442. The van der Waals surface area contributed by atoms with Crippen molar-refractivity contribution in [2.45, 2.75) is 50.6 Å². The number of aromatic nitrogens is 6. The number of H-pyrrole nitrogens is 3. The molecule has 2 amide bonds. The summed E-state index contributed by atoms with van der Waals surface area (Å²) in [5, 5.41) is 28.6. The number of carboxylic acids is 2. The third-order valence-electron chi connectivity index (χ3n) is 14.0. The number of nitrogens with one attached hydrogen (secondary N) is 5. The van der Waals surface area contributed by atoms with Crippen molar-refractivity contribution in [3.05, 3.63) is 160 Å². The van der Waals surface area contributed by atoms with Gasteiger partial charge in [0.05, 0.1) is 35.7 Å². The number of alkyl halides is 1. The zero-order valence-corrected chi connectivity index (χ0v) is 46.0. The number of carbonyl (C=O) groups is 6. The molecule has 0 spiro atoms. The molecule has 0 bridgehead atoms. The molecular formula is C58H57ClN10O11S2. The third-order valence-corrected chi connectivity index (χ3v) is 16.8. The maximum Gasteiger partial charge on any atom is 0.513 e. The lowest BCUT2D eigenvalue weighted by Crippen LogP contribution is -2.40. The monoisotopic (exact) mass is 1170 g/mol. The molecule has 0 fully saturated rings. The molecule has 9 N–H and O–H groups in total.